The highest BCUT2D eigenvalue weighted by Crippen LogP contribution is 2.38. The van der Waals surface area contributed by atoms with E-state index in [0.717, 1.165) is 16.0 Å². The van der Waals surface area contributed by atoms with E-state index in [2.05, 4.69) is 23.8 Å². The molecular formula is C12H13ClN2S. The van der Waals surface area contributed by atoms with Crippen molar-refractivity contribution >= 4 is 33.2 Å². The average Bonchev–Trinajstić information content (AvgIpc) is 2.39. The van der Waals surface area contributed by atoms with E-state index in [1.165, 1.54) is 29.7 Å². The Morgan fingerprint density at radius 3 is 2.62 bits per heavy atom. The molecule has 0 unspecified atom stereocenters. The van der Waals surface area contributed by atoms with Gasteiger partial charge in [0.25, 0.3) is 0 Å². The summed E-state index contributed by atoms with van der Waals surface area (Å²) in [5.41, 5.74) is 1.23. The summed E-state index contributed by atoms with van der Waals surface area (Å²) in [6, 6.07) is 0. The summed E-state index contributed by atoms with van der Waals surface area (Å²) < 4.78 is 0. The summed E-state index contributed by atoms with van der Waals surface area (Å²) in [6.45, 7) is 4.20. The maximum atomic E-state index is 6.26. The van der Waals surface area contributed by atoms with Crippen molar-refractivity contribution in [3.05, 3.63) is 21.4 Å². The molecule has 3 rings (SSSR count). The van der Waals surface area contributed by atoms with Crippen LogP contribution in [0.2, 0.25) is 5.15 Å². The third kappa shape index (κ3) is 1.45. The Morgan fingerprint density at radius 2 is 2.00 bits per heavy atom. The van der Waals surface area contributed by atoms with Crippen LogP contribution in [-0.2, 0) is 0 Å². The number of nitrogens with zero attached hydrogens (tertiary/aromatic N) is 2. The lowest BCUT2D eigenvalue weighted by atomic mass is 9.85. The third-order valence-electron chi connectivity index (χ3n) is 3.47. The number of thiophene rings is 1. The van der Waals surface area contributed by atoms with Gasteiger partial charge in [-0.25, -0.2) is 9.97 Å². The molecule has 0 saturated heterocycles. The van der Waals surface area contributed by atoms with Crippen LogP contribution < -0.4 is 0 Å². The zero-order valence-corrected chi connectivity index (χ0v) is 11.0. The minimum absolute atomic E-state index is 0.546. The molecule has 2 heterocycles. The molecule has 84 valence electrons. The van der Waals surface area contributed by atoms with Crippen LogP contribution in [0.4, 0.5) is 0 Å². The van der Waals surface area contributed by atoms with Crippen molar-refractivity contribution in [3.63, 3.8) is 0 Å². The van der Waals surface area contributed by atoms with Gasteiger partial charge in [-0.05, 0) is 32.3 Å². The van der Waals surface area contributed by atoms with Crippen molar-refractivity contribution in [1.29, 1.82) is 0 Å². The summed E-state index contributed by atoms with van der Waals surface area (Å²) in [6.07, 6.45) is 3.72. The molecule has 0 aromatic carbocycles. The molecule has 0 atom stereocenters. The first kappa shape index (κ1) is 10.5. The molecule has 4 heteroatoms. The fraction of sp³-hybridized carbons (Fsp3) is 0.500. The largest absolute Gasteiger partial charge is 0.222 e. The van der Waals surface area contributed by atoms with Crippen molar-refractivity contribution in [3.8, 4) is 0 Å². The van der Waals surface area contributed by atoms with Crippen LogP contribution in [0.5, 0.6) is 0 Å². The number of rotatable bonds is 1. The minimum Gasteiger partial charge on any atom is -0.222 e. The third-order valence-corrected chi connectivity index (χ3v) is 4.85. The van der Waals surface area contributed by atoms with Gasteiger partial charge in [0.15, 0.2) is 0 Å². The zero-order chi connectivity index (χ0) is 11.3. The monoisotopic (exact) mass is 252 g/mol. The normalized spacial score (nSPS) is 16.7. The molecule has 2 nitrogen and oxygen atoms in total. The smallest absolute Gasteiger partial charge is 0.141 e. The standard InChI is InChI=1S/C12H13ClN2S/c1-6-7(2)16-12-9(6)10(13)14-11(15-12)8-4-3-5-8/h8H,3-5H2,1-2H3. The van der Waals surface area contributed by atoms with Crippen LogP contribution in [-0.4, -0.2) is 9.97 Å². The predicted molar refractivity (Wildman–Crippen MR) is 68.5 cm³/mol. The number of fused-ring (bicyclic) bond motifs is 1. The summed E-state index contributed by atoms with van der Waals surface area (Å²) in [7, 11) is 0. The Hall–Kier alpha value is -0.670. The molecule has 1 aliphatic rings. The van der Waals surface area contributed by atoms with Gasteiger partial charge in [-0.3, -0.25) is 0 Å². The lowest BCUT2D eigenvalue weighted by Gasteiger charge is -2.23. The number of halogens is 1. The second-order valence-corrected chi connectivity index (χ2v) is 6.03. The van der Waals surface area contributed by atoms with Crippen LogP contribution in [0.3, 0.4) is 0 Å². The first-order chi connectivity index (χ1) is 7.66. The molecule has 0 aliphatic heterocycles. The van der Waals surface area contributed by atoms with Crippen molar-refractivity contribution in [2.45, 2.75) is 39.0 Å². The quantitative estimate of drug-likeness (QED) is 0.710. The summed E-state index contributed by atoms with van der Waals surface area (Å²) in [5, 5.41) is 1.68. The Bertz CT molecular complexity index is 558. The van der Waals surface area contributed by atoms with E-state index in [9.17, 15) is 0 Å². The lowest BCUT2D eigenvalue weighted by molar-refractivity contribution is 0.402. The Kier molecular flexibility index (Phi) is 2.41. The Labute approximate surface area is 104 Å². The van der Waals surface area contributed by atoms with Crippen LogP contribution in [0, 0.1) is 13.8 Å². The van der Waals surface area contributed by atoms with Gasteiger partial charge in [0.1, 0.15) is 15.8 Å². The fourth-order valence-corrected chi connectivity index (χ4v) is 3.48. The molecule has 0 spiro atoms. The second kappa shape index (κ2) is 3.67. The van der Waals surface area contributed by atoms with Crippen LogP contribution in [0.1, 0.15) is 41.4 Å². The highest BCUT2D eigenvalue weighted by atomic mass is 35.5. The number of aromatic nitrogens is 2. The lowest BCUT2D eigenvalue weighted by Crippen LogP contribution is -2.12. The summed E-state index contributed by atoms with van der Waals surface area (Å²) in [4.78, 5) is 11.5. The van der Waals surface area contributed by atoms with Crippen molar-refractivity contribution in [2.24, 2.45) is 0 Å². The number of hydrogen-bond acceptors (Lipinski definition) is 3. The molecule has 1 saturated carbocycles. The highest BCUT2D eigenvalue weighted by molar-refractivity contribution is 7.18. The van der Waals surface area contributed by atoms with E-state index in [-0.39, 0.29) is 0 Å². The molecule has 2 aromatic heterocycles. The Morgan fingerprint density at radius 1 is 1.25 bits per heavy atom. The first-order valence-electron chi connectivity index (χ1n) is 5.60. The van der Waals surface area contributed by atoms with E-state index in [0.29, 0.717) is 11.1 Å². The van der Waals surface area contributed by atoms with Gasteiger partial charge in [-0.2, -0.15) is 0 Å². The second-order valence-electron chi connectivity index (χ2n) is 4.46. The predicted octanol–water partition coefficient (Wildman–Crippen LogP) is 4.23. The maximum absolute atomic E-state index is 6.26. The summed E-state index contributed by atoms with van der Waals surface area (Å²) in [5.74, 6) is 1.50. The van der Waals surface area contributed by atoms with Gasteiger partial charge >= 0.3 is 0 Å². The van der Waals surface area contributed by atoms with E-state index < -0.39 is 0 Å². The van der Waals surface area contributed by atoms with Gasteiger partial charge in [-0.15, -0.1) is 11.3 Å². The topological polar surface area (TPSA) is 25.8 Å². The number of hydrogen-bond donors (Lipinski definition) is 0. The van der Waals surface area contributed by atoms with Gasteiger partial charge < -0.3 is 0 Å². The molecule has 2 aromatic rings. The SMILES string of the molecule is Cc1sc2nc(C3CCC3)nc(Cl)c2c1C. The highest BCUT2D eigenvalue weighted by Gasteiger charge is 2.24. The molecule has 0 bridgehead atoms. The average molecular weight is 253 g/mol. The summed E-state index contributed by atoms with van der Waals surface area (Å²) >= 11 is 7.99. The van der Waals surface area contributed by atoms with E-state index in [1.807, 2.05) is 0 Å². The van der Waals surface area contributed by atoms with Crippen LogP contribution in [0.15, 0.2) is 0 Å². The van der Waals surface area contributed by atoms with Crippen LogP contribution in [0.25, 0.3) is 10.2 Å². The van der Waals surface area contributed by atoms with Gasteiger partial charge in [0.2, 0.25) is 0 Å². The Balaban J connectivity index is 2.21. The zero-order valence-electron chi connectivity index (χ0n) is 9.38. The van der Waals surface area contributed by atoms with Gasteiger partial charge in [-0.1, -0.05) is 18.0 Å². The molecule has 1 fully saturated rings. The van der Waals surface area contributed by atoms with Gasteiger partial charge in [0, 0.05) is 10.8 Å². The molecule has 0 amide bonds. The van der Waals surface area contributed by atoms with Crippen molar-refractivity contribution in [2.75, 3.05) is 0 Å². The molecule has 16 heavy (non-hydrogen) atoms. The van der Waals surface area contributed by atoms with Crippen molar-refractivity contribution in [1.82, 2.24) is 9.97 Å². The molecule has 0 radical (unpaired) electrons. The minimum atomic E-state index is 0.546. The molecule has 1 aliphatic carbocycles. The van der Waals surface area contributed by atoms with Crippen molar-refractivity contribution < 1.29 is 0 Å². The van der Waals surface area contributed by atoms with Gasteiger partial charge in [0.05, 0.1) is 5.39 Å². The maximum Gasteiger partial charge on any atom is 0.141 e. The van der Waals surface area contributed by atoms with E-state index >= 15 is 0 Å². The molecular weight excluding hydrogens is 240 g/mol. The fourth-order valence-electron chi connectivity index (χ4n) is 2.07. The van der Waals surface area contributed by atoms with E-state index in [1.54, 1.807) is 11.3 Å². The number of aryl methyl sites for hydroxylation is 2. The first-order valence-corrected chi connectivity index (χ1v) is 6.79. The van der Waals surface area contributed by atoms with Crippen LogP contribution >= 0.6 is 22.9 Å². The van der Waals surface area contributed by atoms with E-state index in [4.69, 9.17) is 11.6 Å². The molecule has 0 N–H and O–H groups in total.